The van der Waals surface area contributed by atoms with Gasteiger partial charge in [-0.3, -0.25) is 4.79 Å². The van der Waals surface area contributed by atoms with Gasteiger partial charge in [-0.05, 0) is 6.42 Å². The largest absolute Gasteiger partial charge is 0.497 e. The molecular formula is C14H21NO3. The predicted molar refractivity (Wildman–Crippen MR) is 72.2 cm³/mol. The summed E-state index contributed by atoms with van der Waals surface area (Å²) in [5.74, 6) is 1.35. The first-order chi connectivity index (χ1) is 8.60. The third-order valence-electron chi connectivity index (χ3n) is 2.79. The van der Waals surface area contributed by atoms with Gasteiger partial charge in [-0.25, -0.2) is 0 Å². The molecule has 1 aromatic carbocycles. The van der Waals surface area contributed by atoms with Crippen molar-refractivity contribution in [1.82, 2.24) is 0 Å². The Labute approximate surface area is 108 Å². The maximum Gasteiger partial charge on any atom is 0.227 e. The maximum atomic E-state index is 11.9. The summed E-state index contributed by atoms with van der Waals surface area (Å²) in [5.41, 5.74) is 0.694. The lowest BCUT2D eigenvalue weighted by Gasteiger charge is -2.13. The number of amides is 1. The molecule has 0 saturated heterocycles. The van der Waals surface area contributed by atoms with Gasteiger partial charge < -0.3 is 14.8 Å². The Hall–Kier alpha value is -1.71. The van der Waals surface area contributed by atoms with Gasteiger partial charge in [0, 0.05) is 29.8 Å². The number of anilines is 1. The molecule has 1 amide bonds. The Kier molecular flexibility index (Phi) is 5.49. The number of methoxy groups -OCH3 is 2. The number of carbonyl (C=O) groups excluding carboxylic acids is 1. The van der Waals surface area contributed by atoms with Crippen LogP contribution < -0.4 is 14.8 Å². The molecule has 1 rings (SSSR count). The zero-order valence-electron chi connectivity index (χ0n) is 11.4. The van der Waals surface area contributed by atoms with Crippen LogP contribution in [-0.2, 0) is 4.79 Å². The van der Waals surface area contributed by atoms with E-state index in [4.69, 9.17) is 9.47 Å². The first-order valence-electron chi connectivity index (χ1n) is 6.14. The van der Waals surface area contributed by atoms with Crippen molar-refractivity contribution in [3.8, 4) is 11.5 Å². The number of carbonyl (C=O) groups is 1. The average molecular weight is 251 g/mol. The van der Waals surface area contributed by atoms with Crippen molar-refractivity contribution < 1.29 is 14.3 Å². The third kappa shape index (κ3) is 3.95. The van der Waals surface area contributed by atoms with Crippen molar-refractivity contribution in [2.75, 3.05) is 19.5 Å². The molecule has 1 unspecified atom stereocenters. The number of hydrogen-bond acceptors (Lipinski definition) is 3. The molecule has 0 fully saturated rings. The lowest BCUT2D eigenvalue weighted by Crippen LogP contribution is -2.20. The molecule has 1 N–H and O–H groups in total. The summed E-state index contributed by atoms with van der Waals surface area (Å²) >= 11 is 0. The van der Waals surface area contributed by atoms with Gasteiger partial charge in [0.1, 0.15) is 11.5 Å². The van der Waals surface area contributed by atoms with Crippen molar-refractivity contribution in [2.24, 2.45) is 5.92 Å². The average Bonchev–Trinajstić information content (AvgIpc) is 2.38. The van der Waals surface area contributed by atoms with Crippen LogP contribution in [0.4, 0.5) is 5.69 Å². The number of benzene rings is 1. The van der Waals surface area contributed by atoms with Crippen molar-refractivity contribution >= 4 is 11.6 Å². The van der Waals surface area contributed by atoms with Crippen molar-refractivity contribution in [3.63, 3.8) is 0 Å². The maximum absolute atomic E-state index is 11.9. The SMILES string of the molecule is CCCC(C)C(=O)Nc1cc(OC)cc(OC)c1. The van der Waals surface area contributed by atoms with E-state index in [1.54, 1.807) is 32.4 Å². The molecule has 0 spiro atoms. The minimum atomic E-state index is 0.00666. The lowest BCUT2D eigenvalue weighted by atomic mass is 10.1. The van der Waals surface area contributed by atoms with E-state index in [1.807, 2.05) is 6.92 Å². The first kappa shape index (κ1) is 14.4. The molecule has 1 aromatic rings. The molecule has 0 saturated carbocycles. The van der Waals surface area contributed by atoms with Crippen LogP contribution in [0.3, 0.4) is 0 Å². The summed E-state index contributed by atoms with van der Waals surface area (Å²) in [6.45, 7) is 3.99. The molecule has 0 radical (unpaired) electrons. The van der Waals surface area contributed by atoms with Gasteiger partial charge in [0.15, 0.2) is 0 Å². The lowest BCUT2D eigenvalue weighted by molar-refractivity contribution is -0.119. The highest BCUT2D eigenvalue weighted by Crippen LogP contribution is 2.26. The Balaban J connectivity index is 2.80. The Morgan fingerprint density at radius 2 is 1.78 bits per heavy atom. The van der Waals surface area contributed by atoms with E-state index in [0.29, 0.717) is 17.2 Å². The third-order valence-corrected chi connectivity index (χ3v) is 2.79. The zero-order chi connectivity index (χ0) is 13.5. The van der Waals surface area contributed by atoms with Gasteiger partial charge in [-0.1, -0.05) is 20.3 Å². The molecule has 1 atom stereocenters. The molecule has 0 aromatic heterocycles. The second-order valence-corrected chi connectivity index (χ2v) is 4.28. The minimum absolute atomic E-state index is 0.00666. The summed E-state index contributed by atoms with van der Waals surface area (Å²) in [4.78, 5) is 11.9. The van der Waals surface area contributed by atoms with Crippen molar-refractivity contribution in [2.45, 2.75) is 26.7 Å². The molecule has 0 aliphatic carbocycles. The van der Waals surface area contributed by atoms with Crippen molar-refractivity contribution in [3.05, 3.63) is 18.2 Å². The van der Waals surface area contributed by atoms with E-state index >= 15 is 0 Å². The first-order valence-corrected chi connectivity index (χ1v) is 6.14. The number of ether oxygens (including phenoxy) is 2. The van der Waals surface area contributed by atoms with E-state index in [1.165, 1.54) is 0 Å². The van der Waals surface area contributed by atoms with Crippen LogP contribution in [-0.4, -0.2) is 20.1 Å². The Morgan fingerprint density at radius 1 is 1.22 bits per heavy atom. The Bertz CT molecular complexity index is 382. The van der Waals surface area contributed by atoms with Crippen LogP contribution >= 0.6 is 0 Å². The normalized spacial score (nSPS) is 11.8. The van der Waals surface area contributed by atoms with E-state index < -0.39 is 0 Å². The van der Waals surface area contributed by atoms with Crippen LogP contribution in [0.15, 0.2) is 18.2 Å². The highest BCUT2D eigenvalue weighted by molar-refractivity contribution is 5.92. The smallest absolute Gasteiger partial charge is 0.227 e. The highest BCUT2D eigenvalue weighted by Gasteiger charge is 2.12. The fourth-order valence-corrected chi connectivity index (χ4v) is 1.71. The standard InChI is InChI=1S/C14H21NO3/c1-5-6-10(2)14(16)15-11-7-12(17-3)9-13(8-11)18-4/h7-10H,5-6H2,1-4H3,(H,15,16). The molecule has 4 nitrogen and oxygen atoms in total. The fourth-order valence-electron chi connectivity index (χ4n) is 1.71. The van der Waals surface area contributed by atoms with E-state index in [0.717, 1.165) is 12.8 Å². The zero-order valence-corrected chi connectivity index (χ0v) is 11.4. The van der Waals surface area contributed by atoms with Gasteiger partial charge in [-0.15, -0.1) is 0 Å². The molecular weight excluding hydrogens is 230 g/mol. The molecule has 0 aliphatic rings. The number of hydrogen-bond donors (Lipinski definition) is 1. The number of rotatable bonds is 6. The van der Waals surface area contributed by atoms with Gasteiger partial charge in [0.05, 0.1) is 14.2 Å². The van der Waals surface area contributed by atoms with Gasteiger partial charge in [0.25, 0.3) is 0 Å². The summed E-state index contributed by atoms with van der Waals surface area (Å²) in [6, 6.07) is 5.32. The van der Waals surface area contributed by atoms with Gasteiger partial charge >= 0.3 is 0 Å². The monoisotopic (exact) mass is 251 g/mol. The molecule has 0 heterocycles. The topological polar surface area (TPSA) is 47.6 Å². The van der Waals surface area contributed by atoms with Crippen LogP contribution in [0.1, 0.15) is 26.7 Å². The highest BCUT2D eigenvalue weighted by atomic mass is 16.5. The number of nitrogens with one attached hydrogen (secondary N) is 1. The summed E-state index contributed by atoms with van der Waals surface area (Å²) < 4.78 is 10.3. The summed E-state index contributed by atoms with van der Waals surface area (Å²) in [6.07, 6.45) is 1.88. The van der Waals surface area contributed by atoms with E-state index in [-0.39, 0.29) is 11.8 Å². The Morgan fingerprint density at radius 3 is 2.22 bits per heavy atom. The van der Waals surface area contributed by atoms with E-state index in [2.05, 4.69) is 12.2 Å². The molecule has 4 heteroatoms. The van der Waals surface area contributed by atoms with Gasteiger partial charge in [0.2, 0.25) is 5.91 Å². The second-order valence-electron chi connectivity index (χ2n) is 4.28. The van der Waals surface area contributed by atoms with Crippen LogP contribution in [0.25, 0.3) is 0 Å². The quantitative estimate of drug-likeness (QED) is 0.845. The fraction of sp³-hybridized carbons (Fsp3) is 0.500. The molecule has 0 aliphatic heterocycles. The van der Waals surface area contributed by atoms with Crippen LogP contribution in [0, 0.1) is 5.92 Å². The van der Waals surface area contributed by atoms with Crippen molar-refractivity contribution in [1.29, 1.82) is 0 Å². The predicted octanol–water partition coefficient (Wildman–Crippen LogP) is 3.08. The summed E-state index contributed by atoms with van der Waals surface area (Å²) in [5, 5.41) is 2.88. The summed E-state index contributed by atoms with van der Waals surface area (Å²) in [7, 11) is 3.17. The molecule has 0 bridgehead atoms. The molecule has 18 heavy (non-hydrogen) atoms. The van der Waals surface area contributed by atoms with Gasteiger partial charge in [-0.2, -0.15) is 0 Å². The van der Waals surface area contributed by atoms with Crippen LogP contribution in [0.2, 0.25) is 0 Å². The van der Waals surface area contributed by atoms with Crippen LogP contribution in [0.5, 0.6) is 11.5 Å². The second kappa shape index (κ2) is 6.89. The van der Waals surface area contributed by atoms with E-state index in [9.17, 15) is 4.79 Å². The minimum Gasteiger partial charge on any atom is -0.497 e. The molecule has 100 valence electrons.